The van der Waals surface area contributed by atoms with Gasteiger partial charge in [-0.05, 0) is 54.3 Å². The first-order valence-corrected chi connectivity index (χ1v) is 13.1. The molecule has 2 unspecified atom stereocenters. The second-order valence-electron chi connectivity index (χ2n) is 10.9. The van der Waals surface area contributed by atoms with Crippen LogP contribution in [0.1, 0.15) is 84.8 Å². The van der Waals surface area contributed by atoms with E-state index in [1.807, 2.05) is 6.07 Å². The molecule has 1 aliphatic heterocycles. The largest absolute Gasteiger partial charge is 0.342 e. The van der Waals surface area contributed by atoms with Crippen molar-refractivity contribution in [1.29, 1.82) is 0 Å². The molecule has 0 bridgehead atoms. The van der Waals surface area contributed by atoms with Crippen molar-refractivity contribution in [3.8, 4) is 0 Å². The van der Waals surface area contributed by atoms with Crippen molar-refractivity contribution in [1.82, 2.24) is 40.4 Å². The molecule has 2 atom stereocenters. The van der Waals surface area contributed by atoms with Gasteiger partial charge in [0.1, 0.15) is 5.69 Å². The molecule has 0 radical (unpaired) electrons. The van der Waals surface area contributed by atoms with Crippen molar-refractivity contribution in [2.75, 3.05) is 13.1 Å². The zero-order valence-corrected chi connectivity index (χ0v) is 21.1. The van der Waals surface area contributed by atoms with Gasteiger partial charge in [0.2, 0.25) is 5.92 Å². The van der Waals surface area contributed by atoms with Crippen LogP contribution in [0.5, 0.6) is 0 Å². The number of carbonyl (C=O) groups excluding carboxylic acids is 2. The number of halogens is 2. The Morgan fingerprint density at radius 2 is 2.05 bits per heavy atom. The molecule has 3 amide bonds. The summed E-state index contributed by atoms with van der Waals surface area (Å²) in [5.41, 5.74) is 2.57. The highest BCUT2D eigenvalue weighted by molar-refractivity contribution is 5.93. The van der Waals surface area contributed by atoms with Crippen LogP contribution in [-0.2, 0) is 6.54 Å². The number of urea groups is 1. The Hall–Kier alpha value is -3.64. The number of imidazole rings is 1. The molecule has 3 aromatic rings. The number of rotatable bonds is 7. The molecule has 3 aliphatic rings. The van der Waals surface area contributed by atoms with Crippen molar-refractivity contribution in [2.45, 2.75) is 69.9 Å². The van der Waals surface area contributed by atoms with Crippen LogP contribution in [-0.4, -0.2) is 60.8 Å². The number of hydrogen-bond donors (Lipinski definition) is 2. The molecular formula is C25H30F2N8O3. The third-order valence-corrected chi connectivity index (χ3v) is 7.72. The molecule has 2 saturated carbocycles. The van der Waals surface area contributed by atoms with E-state index >= 15 is 0 Å². The first-order valence-electron chi connectivity index (χ1n) is 13.1. The van der Waals surface area contributed by atoms with E-state index < -0.39 is 17.9 Å². The lowest BCUT2D eigenvalue weighted by atomic mass is 9.81. The number of aromatic nitrogens is 5. The highest BCUT2D eigenvalue weighted by Crippen LogP contribution is 2.42. The molecule has 13 heteroatoms. The van der Waals surface area contributed by atoms with Crippen LogP contribution in [0.2, 0.25) is 0 Å². The van der Waals surface area contributed by atoms with Gasteiger partial charge < -0.3 is 15.5 Å². The summed E-state index contributed by atoms with van der Waals surface area (Å²) in [6, 6.07) is 1.13. The quantitative estimate of drug-likeness (QED) is 0.480. The summed E-state index contributed by atoms with van der Waals surface area (Å²) in [5.74, 6) is -2.88. The summed E-state index contributed by atoms with van der Waals surface area (Å²) in [5, 5.41) is 18.1. The van der Waals surface area contributed by atoms with Gasteiger partial charge in [0.15, 0.2) is 11.3 Å². The molecule has 38 heavy (non-hydrogen) atoms. The summed E-state index contributed by atoms with van der Waals surface area (Å²) >= 11 is 0. The Labute approximate surface area is 217 Å². The molecule has 0 aromatic carbocycles. The molecule has 2 N–H and O–H groups in total. The zero-order chi connectivity index (χ0) is 26.4. The second kappa shape index (κ2) is 9.59. The minimum atomic E-state index is -2.70. The van der Waals surface area contributed by atoms with Crippen LogP contribution in [0.3, 0.4) is 0 Å². The molecular weight excluding hydrogens is 498 g/mol. The van der Waals surface area contributed by atoms with Crippen LogP contribution in [0.25, 0.3) is 5.65 Å². The van der Waals surface area contributed by atoms with Gasteiger partial charge in [0.05, 0.1) is 24.1 Å². The Kier molecular flexibility index (Phi) is 6.23. The molecule has 202 valence electrons. The van der Waals surface area contributed by atoms with Gasteiger partial charge in [-0.15, -0.1) is 0 Å². The van der Waals surface area contributed by atoms with Gasteiger partial charge in [-0.25, -0.2) is 27.7 Å². The topological polar surface area (TPSA) is 131 Å². The van der Waals surface area contributed by atoms with Crippen LogP contribution in [0, 0.1) is 11.8 Å². The molecule has 6 rings (SSSR count). The van der Waals surface area contributed by atoms with E-state index in [1.54, 1.807) is 21.8 Å². The Morgan fingerprint density at radius 1 is 1.26 bits per heavy atom. The lowest BCUT2D eigenvalue weighted by Gasteiger charge is -2.33. The predicted octanol–water partition coefficient (Wildman–Crippen LogP) is 3.45. The first kappa shape index (κ1) is 24.7. The fourth-order valence-corrected chi connectivity index (χ4v) is 5.44. The third kappa shape index (κ3) is 5.05. The highest BCUT2D eigenvalue weighted by Gasteiger charge is 2.40. The molecule has 11 nitrogen and oxygen atoms in total. The van der Waals surface area contributed by atoms with Crippen LogP contribution < -0.4 is 10.6 Å². The number of amides is 3. The monoisotopic (exact) mass is 528 g/mol. The van der Waals surface area contributed by atoms with Crippen molar-refractivity contribution in [2.24, 2.45) is 11.8 Å². The van der Waals surface area contributed by atoms with E-state index in [0.29, 0.717) is 42.6 Å². The number of hydrogen-bond acceptors (Lipinski definition) is 7. The molecule has 1 saturated heterocycles. The maximum atomic E-state index is 14.0. The van der Waals surface area contributed by atoms with Gasteiger partial charge in [0.25, 0.3) is 5.91 Å². The fourth-order valence-electron chi connectivity index (χ4n) is 5.44. The van der Waals surface area contributed by atoms with E-state index in [1.165, 1.54) is 0 Å². The summed E-state index contributed by atoms with van der Waals surface area (Å²) < 4.78 is 34.4. The van der Waals surface area contributed by atoms with Crippen LogP contribution in [0.15, 0.2) is 23.1 Å². The maximum absolute atomic E-state index is 14.0. The summed E-state index contributed by atoms with van der Waals surface area (Å²) in [7, 11) is 0. The summed E-state index contributed by atoms with van der Waals surface area (Å²) in [6.07, 6.45) is 5.27. The Morgan fingerprint density at radius 3 is 2.82 bits per heavy atom. The smallest absolute Gasteiger partial charge is 0.317 e. The summed E-state index contributed by atoms with van der Waals surface area (Å²) in [4.78, 5) is 32.0. The molecule has 2 aliphatic carbocycles. The zero-order valence-electron chi connectivity index (χ0n) is 21.1. The number of nitrogens with one attached hydrogen (secondary N) is 2. The van der Waals surface area contributed by atoms with E-state index in [-0.39, 0.29) is 49.2 Å². The standard InChI is InChI=1S/C25H30F2N8O3/c1-14-9-28-24(37)34(11-14)12-15-8-19-30-18(13-35(19)29-10-15)20(17-4-6-25(26,27)7-5-17)31-23(36)22-21(16-2-3-16)32-38-33-22/h8,10,13-14,16-17,20H,2-7,9,11-12H2,1H3,(H,28,37)(H,31,36). The maximum Gasteiger partial charge on any atom is 0.317 e. The van der Waals surface area contributed by atoms with Gasteiger partial charge in [0, 0.05) is 38.4 Å². The number of nitrogens with zero attached hydrogens (tertiary/aromatic N) is 6. The number of alkyl halides is 2. The van der Waals surface area contributed by atoms with E-state index in [0.717, 1.165) is 18.4 Å². The molecule has 3 aromatic heterocycles. The van der Waals surface area contributed by atoms with Gasteiger partial charge >= 0.3 is 6.03 Å². The van der Waals surface area contributed by atoms with Crippen LogP contribution in [0.4, 0.5) is 13.6 Å². The lowest BCUT2D eigenvalue weighted by molar-refractivity contribution is -0.0495. The fraction of sp³-hybridized carbons (Fsp3) is 0.600. The van der Waals surface area contributed by atoms with Gasteiger partial charge in [-0.2, -0.15) is 5.10 Å². The van der Waals surface area contributed by atoms with Crippen molar-refractivity contribution in [3.63, 3.8) is 0 Å². The normalized spacial score (nSPS) is 22.9. The second-order valence-corrected chi connectivity index (χ2v) is 10.9. The molecule has 0 spiro atoms. The first-order chi connectivity index (χ1) is 18.3. The molecule has 3 fully saturated rings. The van der Waals surface area contributed by atoms with Gasteiger partial charge in [-0.3, -0.25) is 4.79 Å². The predicted molar refractivity (Wildman–Crippen MR) is 129 cm³/mol. The number of fused-ring (bicyclic) bond motifs is 1. The summed E-state index contributed by atoms with van der Waals surface area (Å²) in [6.45, 7) is 3.77. The van der Waals surface area contributed by atoms with Crippen molar-refractivity contribution >= 4 is 17.6 Å². The van der Waals surface area contributed by atoms with Crippen molar-refractivity contribution < 1.29 is 23.0 Å². The van der Waals surface area contributed by atoms with Crippen molar-refractivity contribution in [3.05, 3.63) is 41.1 Å². The van der Waals surface area contributed by atoms with E-state index in [4.69, 9.17) is 9.61 Å². The third-order valence-electron chi connectivity index (χ3n) is 7.72. The molecule has 4 heterocycles. The minimum Gasteiger partial charge on any atom is -0.342 e. The van der Waals surface area contributed by atoms with Gasteiger partial charge in [-0.1, -0.05) is 12.1 Å². The highest BCUT2D eigenvalue weighted by atomic mass is 19.3. The van der Waals surface area contributed by atoms with Crippen LogP contribution >= 0.6 is 0 Å². The SMILES string of the molecule is CC1CNC(=O)N(Cc2cnn3cc(C(NC(=O)c4nonc4C4CC4)C4CCC(F)(F)CC4)nc3c2)C1. The minimum absolute atomic E-state index is 0.114. The Balaban J connectivity index is 1.26. The lowest BCUT2D eigenvalue weighted by Crippen LogP contribution is -2.49. The average Bonchev–Trinajstić information content (AvgIpc) is 3.45. The average molecular weight is 529 g/mol. The van der Waals surface area contributed by atoms with E-state index in [2.05, 4.69) is 33.0 Å². The number of carbonyl (C=O) groups is 2. The Bertz CT molecular complexity index is 1340. The van der Waals surface area contributed by atoms with E-state index in [9.17, 15) is 18.4 Å².